The molecule has 2 rings (SSSR count). The Bertz CT molecular complexity index is 671. The number of nitriles is 1. The molecule has 6 nitrogen and oxygen atoms in total. The van der Waals surface area contributed by atoms with Crippen molar-refractivity contribution in [3.05, 3.63) is 41.9 Å². The molecule has 0 spiro atoms. The number of likely N-dealkylation sites (tertiary alicyclic amines) is 1. The highest BCUT2D eigenvalue weighted by atomic mass is 19.1. The van der Waals surface area contributed by atoms with E-state index in [4.69, 9.17) is 4.74 Å². The molecule has 24 heavy (non-hydrogen) atoms. The summed E-state index contributed by atoms with van der Waals surface area (Å²) in [5, 5.41) is 11.7. The van der Waals surface area contributed by atoms with Crippen molar-refractivity contribution >= 4 is 17.6 Å². The Morgan fingerprint density at radius 1 is 1.33 bits per heavy atom. The fourth-order valence-electron chi connectivity index (χ4n) is 2.48. The predicted octanol–water partition coefficient (Wildman–Crippen LogP) is 2.06. The van der Waals surface area contributed by atoms with Gasteiger partial charge in [-0.1, -0.05) is 0 Å². The van der Waals surface area contributed by atoms with E-state index in [1.165, 1.54) is 37.6 Å². The fraction of sp³-hybridized carbons (Fsp3) is 0.353. The van der Waals surface area contributed by atoms with Crippen molar-refractivity contribution < 1.29 is 18.7 Å². The van der Waals surface area contributed by atoms with Crippen molar-refractivity contribution in [2.24, 2.45) is 5.92 Å². The summed E-state index contributed by atoms with van der Waals surface area (Å²) in [7, 11) is 1.36. The molecule has 1 fully saturated rings. The molecule has 1 aromatic carbocycles. The number of anilines is 1. The first-order valence-electron chi connectivity index (χ1n) is 7.54. The van der Waals surface area contributed by atoms with Gasteiger partial charge in [0.1, 0.15) is 17.5 Å². The van der Waals surface area contributed by atoms with Crippen molar-refractivity contribution in [1.29, 1.82) is 5.26 Å². The largest absolute Gasteiger partial charge is 0.469 e. The number of nitrogens with zero attached hydrogens (tertiary/aromatic N) is 2. The number of ether oxygens (including phenoxy) is 1. The first-order valence-corrected chi connectivity index (χ1v) is 7.54. The van der Waals surface area contributed by atoms with E-state index >= 15 is 0 Å². The van der Waals surface area contributed by atoms with E-state index in [0.717, 1.165) is 0 Å². The van der Waals surface area contributed by atoms with Crippen molar-refractivity contribution in [2.75, 3.05) is 25.5 Å². The van der Waals surface area contributed by atoms with Gasteiger partial charge in [0.25, 0.3) is 5.91 Å². The molecule has 1 amide bonds. The van der Waals surface area contributed by atoms with Crippen LogP contribution < -0.4 is 5.32 Å². The zero-order valence-corrected chi connectivity index (χ0v) is 13.3. The second-order valence-electron chi connectivity index (χ2n) is 5.45. The number of halogens is 1. The van der Waals surface area contributed by atoms with Crippen LogP contribution in [0.5, 0.6) is 0 Å². The third-order valence-electron chi connectivity index (χ3n) is 3.84. The highest BCUT2D eigenvalue weighted by molar-refractivity contribution is 6.06. The first-order chi connectivity index (χ1) is 11.5. The van der Waals surface area contributed by atoms with E-state index in [-0.39, 0.29) is 17.5 Å². The zero-order chi connectivity index (χ0) is 17.5. The number of hydrogen-bond acceptors (Lipinski definition) is 5. The molecule has 1 aliphatic rings. The summed E-state index contributed by atoms with van der Waals surface area (Å²) >= 11 is 0. The van der Waals surface area contributed by atoms with Crippen LogP contribution in [0.2, 0.25) is 0 Å². The molecule has 1 heterocycles. The van der Waals surface area contributed by atoms with E-state index in [2.05, 4.69) is 5.32 Å². The van der Waals surface area contributed by atoms with Gasteiger partial charge in [-0.25, -0.2) is 4.39 Å². The predicted molar refractivity (Wildman–Crippen MR) is 85.0 cm³/mol. The number of nitrogens with one attached hydrogen (secondary N) is 1. The Labute approximate surface area is 139 Å². The molecule has 126 valence electrons. The third-order valence-corrected chi connectivity index (χ3v) is 3.84. The Hall–Kier alpha value is -2.88. The second-order valence-corrected chi connectivity index (χ2v) is 5.45. The number of rotatable bonds is 4. The molecule has 1 saturated heterocycles. The number of carbonyl (C=O) groups excluding carboxylic acids is 2. The molecule has 7 heteroatoms. The van der Waals surface area contributed by atoms with Gasteiger partial charge in [-0.05, 0) is 37.1 Å². The van der Waals surface area contributed by atoms with Crippen LogP contribution in [0.15, 0.2) is 36.0 Å². The molecular weight excluding hydrogens is 313 g/mol. The van der Waals surface area contributed by atoms with Crippen LogP contribution in [0.1, 0.15) is 12.8 Å². The number of methoxy groups -OCH3 is 1. The van der Waals surface area contributed by atoms with Gasteiger partial charge in [-0.15, -0.1) is 0 Å². The van der Waals surface area contributed by atoms with Gasteiger partial charge in [0.2, 0.25) is 0 Å². The number of amides is 1. The first kappa shape index (κ1) is 17.5. The Kier molecular flexibility index (Phi) is 5.90. The van der Waals surface area contributed by atoms with Crippen molar-refractivity contribution in [1.82, 2.24) is 4.90 Å². The lowest BCUT2D eigenvalue weighted by molar-refractivity contribution is -0.146. The summed E-state index contributed by atoms with van der Waals surface area (Å²) < 4.78 is 17.6. The maximum Gasteiger partial charge on any atom is 0.308 e. The van der Waals surface area contributed by atoms with Crippen LogP contribution in [0.4, 0.5) is 10.1 Å². The number of hydrogen-bond donors (Lipinski definition) is 1. The van der Waals surface area contributed by atoms with Gasteiger partial charge < -0.3 is 15.0 Å². The highest BCUT2D eigenvalue weighted by Crippen LogP contribution is 2.19. The molecule has 1 aromatic rings. The molecule has 0 saturated carbocycles. The Morgan fingerprint density at radius 3 is 2.50 bits per heavy atom. The van der Waals surface area contributed by atoms with Crippen LogP contribution in [-0.2, 0) is 14.3 Å². The molecule has 0 aliphatic carbocycles. The normalized spacial score (nSPS) is 15.5. The summed E-state index contributed by atoms with van der Waals surface area (Å²) in [4.78, 5) is 25.4. The lowest BCUT2D eigenvalue weighted by atomic mass is 9.97. The van der Waals surface area contributed by atoms with Gasteiger partial charge in [-0.3, -0.25) is 9.59 Å². The second kappa shape index (κ2) is 8.11. The average Bonchev–Trinajstić information content (AvgIpc) is 2.61. The van der Waals surface area contributed by atoms with Crippen LogP contribution in [0.25, 0.3) is 0 Å². The molecule has 0 unspecified atom stereocenters. The molecular formula is C17H18FN3O3. The molecule has 0 radical (unpaired) electrons. The Balaban J connectivity index is 1.97. The van der Waals surface area contributed by atoms with Crippen LogP contribution in [-0.4, -0.2) is 37.0 Å². The molecule has 0 atom stereocenters. The van der Waals surface area contributed by atoms with Crippen molar-refractivity contribution in [3.8, 4) is 6.07 Å². The molecule has 0 bridgehead atoms. The van der Waals surface area contributed by atoms with Gasteiger partial charge in [-0.2, -0.15) is 5.26 Å². The van der Waals surface area contributed by atoms with Crippen LogP contribution in [0, 0.1) is 23.1 Å². The van der Waals surface area contributed by atoms with E-state index in [9.17, 15) is 19.2 Å². The standard InChI is InChI=1S/C17H18FN3O3/c1-24-17(23)12-6-8-21(9-7-12)11-13(10-19)16(22)20-15-4-2-14(18)3-5-15/h2-5,11-12H,6-9H2,1H3,(H,20,22)/b13-11+. The Morgan fingerprint density at radius 2 is 1.96 bits per heavy atom. The quantitative estimate of drug-likeness (QED) is 0.519. The monoisotopic (exact) mass is 331 g/mol. The highest BCUT2D eigenvalue weighted by Gasteiger charge is 2.25. The van der Waals surface area contributed by atoms with Crippen LogP contribution >= 0.6 is 0 Å². The van der Waals surface area contributed by atoms with Crippen LogP contribution in [0.3, 0.4) is 0 Å². The summed E-state index contributed by atoms with van der Waals surface area (Å²) in [6, 6.07) is 7.16. The van der Waals surface area contributed by atoms with Gasteiger partial charge >= 0.3 is 5.97 Å². The number of piperidine rings is 1. The average molecular weight is 331 g/mol. The zero-order valence-electron chi connectivity index (χ0n) is 13.3. The van der Waals surface area contributed by atoms with Crippen molar-refractivity contribution in [2.45, 2.75) is 12.8 Å². The maximum absolute atomic E-state index is 12.9. The fourth-order valence-corrected chi connectivity index (χ4v) is 2.48. The smallest absolute Gasteiger partial charge is 0.308 e. The SMILES string of the molecule is COC(=O)C1CCN(/C=C(\C#N)C(=O)Nc2ccc(F)cc2)CC1. The summed E-state index contributed by atoms with van der Waals surface area (Å²) in [6.45, 7) is 1.13. The lowest BCUT2D eigenvalue weighted by Crippen LogP contribution is -2.34. The minimum atomic E-state index is -0.556. The molecule has 1 aliphatic heterocycles. The van der Waals surface area contributed by atoms with Gasteiger partial charge in [0.15, 0.2) is 0 Å². The van der Waals surface area contributed by atoms with E-state index in [0.29, 0.717) is 31.6 Å². The topological polar surface area (TPSA) is 82.4 Å². The van der Waals surface area contributed by atoms with Gasteiger partial charge in [0, 0.05) is 25.0 Å². The lowest BCUT2D eigenvalue weighted by Gasteiger charge is -2.29. The molecule has 1 N–H and O–H groups in total. The number of carbonyl (C=O) groups is 2. The minimum Gasteiger partial charge on any atom is -0.469 e. The minimum absolute atomic E-state index is 0.0455. The van der Waals surface area contributed by atoms with Gasteiger partial charge in [0.05, 0.1) is 13.0 Å². The maximum atomic E-state index is 12.9. The van der Waals surface area contributed by atoms with E-state index in [1.807, 2.05) is 11.0 Å². The summed E-state index contributed by atoms with van der Waals surface area (Å²) in [6.07, 6.45) is 2.72. The summed E-state index contributed by atoms with van der Waals surface area (Å²) in [5.41, 5.74) is 0.364. The number of esters is 1. The molecule has 0 aromatic heterocycles. The third kappa shape index (κ3) is 4.56. The van der Waals surface area contributed by atoms with Crippen molar-refractivity contribution in [3.63, 3.8) is 0 Å². The summed E-state index contributed by atoms with van der Waals surface area (Å²) in [5.74, 6) is -1.33. The van der Waals surface area contributed by atoms with E-state index in [1.54, 1.807) is 0 Å². The van der Waals surface area contributed by atoms with E-state index < -0.39 is 11.7 Å². The number of benzene rings is 1.